The fourth-order valence-electron chi connectivity index (χ4n) is 1.38. The number of nitrogens with zero attached hydrogens (tertiary/aromatic N) is 1. The predicted octanol–water partition coefficient (Wildman–Crippen LogP) is 3.12. The van der Waals surface area contributed by atoms with Crippen molar-refractivity contribution in [1.82, 2.24) is 10.2 Å². The van der Waals surface area contributed by atoms with Gasteiger partial charge >= 0.3 is 0 Å². The molecule has 0 fully saturated rings. The van der Waals surface area contributed by atoms with Gasteiger partial charge in [0, 0.05) is 22.8 Å². The van der Waals surface area contributed by atoms with E-state index >= 15 is 0 Å². The largest absolute Gasteiger partial charge is 0.378 e. The van der Waals surface area contributed by atoms with Crippen molar-refractivity contribution in [1.29, 1.82) is 0 Å². The molecule has 0 aliphatic heterocycles. The molecule has 0 bridgehead atoms. The van der Waals surface area contributed by atoms with E-state index in [-0.39, 0.29) is 5.82 Å². The van der Waals surface area contributed by atoms with E-state index in [1.54, 1.807) is 18.3 Å². The second-order valence-electron chi connectivity index (χ2n) is 3.50. The van der Waals surface area contributed by atoms with E-state index in [0.717, 1.165) is 11.3 Å². The second kappa shape index (κ2) is 4.53. The number of benzene rings is 1. The lowest BCUT2D eigenvalue weighted by molar-refractivity contribution is 0.630. The first kappa shape index (κ1) is 11.0. The zero-order chi connectivity index (χ0) is 11.5. The van der Waals surface area contributed by atoms with Gasteiger partial charge in [-0.1, -0.05) is 11.6 Å². The first-order chi connectivity index (χ1) is 7.66. The normalized spacial score (nSPS) is 10.4. The molecule has 2 aromatic rings. The fourth-order valence-corrected chi connectivity index (χ4v) is 1.54. The van der Waals surface area contributed by atoms with Gasteiger partial charge in [0.25, 0.3) is 0 Å². The molecule has 5 heteroatoms. The number of aryl methyl sites for hydroxylation is 1. The van der Waals surface area contributed by atoms with Crippen LogP contribution in [0.3, 0.4) is 0 Å². The Balaban J connectivity index is 2.08. The molecule has 1 aromatic heterocycles. The average molecular weight is 240 g/mol. The summed E-state index contributed by atoms with van der Waals surface area (Å²) in [5.41, 5.74) is 2.42. The molecule has 0 amide bonds. The van der Waals surface area contributed by atoms with Crippen LogP contribution in [-0.2, 0) is 6.54 Å². The van der Waals surface area contributed by atoms with Gasteiger partial charge in [0.1, 0.15) is 5.82 Å². The van der Waals surface area contributed by atoms with Crippen molar-refractivity contribution < 1.29 is 4.39 Å². The Kier molecular flexibility index (Phi) is 3.10. The number of hydrogen-bond acceptors (Lipinski definition) is 2. The molecule has 0 atom stereocenters. The summed E-state index contributed by atoms with van der Waals surface area (Å²) < 4.78 is 13.4. The zero-order valence-electron chi connectivity index (χ0n) is 8.72. The minimum Gasteiger partial charge on any atom is -0.378 e. The summed E-state index contributed by atoms with van der Waals surface area (Å²) in [6, 6.07) is 4.55. The molecule has 0 aliphatic carbocycles. The molecular formula is C11H11ClFN3. The number of nitrogens with one attached hydrogen (secondary N) is 2. The molecule has 0 saturated heterocycles. The smallest absolute Gasteiger partial charge is 0.147 e. The maximum Gasteiger partial charge on any atom is 0.147 e. The first-order valence-corrected chi connectivity index (χ1v) is 5.22. The summed E-state index contributed by atoms with van der Waals surface area (Å²) in [5.74, 6) is -0.353. The van der Waals surface area contributed by atoms with E-state index in [1.165, 1.54) is 6.07 Å². The Labute approximate surface area is 97.6 Å². The molecule has 0 unspecified atom stereocenters. The number of anilines is 1. The van der Waals surface area contributed by atoms with Crippen LogP contribution >= 0.6 is 11.6 Å². The highest BCUT2D eigenvalue weighted by Crippen LogP contribution is 2.19. The second-order valence-corrected chi connectivity index (χ2v) is 3.93. The maximum atomic E-state index is 13.4. The highest BCUT2D eigenvalue weighted by atomic mass is 35.5. The lowest BCUT2D eigenvalue weighted by Crippen LogP contribution is -2.01. The van der Waals surface area contributed by atoms with Crippen molar-refractivity contribution >= 4 is 17.3 Å². The van der Waals surface area contributed by atoms with E-state index in [0.29, 0.717) is 17.3 Å². The quantitative estimate of drug-likeness (QED) is 0.864. The van der Waals surface area contributed by atoms with Gasteiger partial charge in [0.2, 0.25) is 0 Å². The van der Waals surface area contributed by atoms with Crippen LogP contribution in [-0.4, -0.2) is 10.2 Å². The summed E-state index contributed by atoms with van der Waals surface area (Å²) >= 11 is 5.66. The Morgan fingerprint density at radius 1 is 1.50 bits per heavy atom. The highest BCUT2D eigenvalue weighted by Gasteiger charge is 2.04. The summed E-state index contributed by atoms with van der Waals surface area (Å²) in [6.45, 7) is 2.45. The third kappa shape index (κ3) is 2.33. The molecule has 0 spiro atoms. The topological polar surface area (TPSA) is 40.7 Å². The van der Waals surface area contributed by atoms with Gasteiger partial charge in [-0.05, 0) is 25.1 Å². The van der Waals surface area contributed by atoms with Crippen molar-refractivity contribution in [2.75, 3.05) is 5.32 Å². The minimum absolute atomic E-state index is 0.353. The van der Waals surface area contributed by atoms with E-state index < -0.39 is 0 Å². The molecule has 2 rings (SSSR count). The third-order valence-corrected chi connectivity index (χ3v) is 2.57. The standard InChI is InChI=1S/C11H11ClFN3/c1-7-8(6-15-16-7)5-14-11-3-2-9(12)4-10(11)13/h2-4,6,14H,5H2,1H3,(H,15,16). The average Bonchev–Trinajstić information content (AvgIpc) is 2.63. The molecule has 1 aromatic carbocycles. The van der Waals surface area contributed by atoms with E-state index in [9.17, 15) is 4.39 Å². The molecule has 84 valence electrons. The minimum atomic E-state index is -0.353. The van der Waals surface area contributed by atoms with E-state index in [4.69, 9.17) is 11.6 Å². The van der Waals surface area contributed by atoms with Crippen molar-refractivity contribution in [3.05, 3.63) is 46.5 Å². The predicted molar refractivity (Wildman–Crippen MR) is 62.1 cm³/mol. The van der Waals surface area contributed by atoms with E-state index in [2.05, 4.69) is 15.5 Å². The number of rotatable bonds is 3. The first-order valence-electron chi connectivity index (χ1n) is 4.84. The molecule has 0 radical (unpaired) electrons. The molecule has 3 nitrogen and oxygen atoms in total. The molecule has 16 heavy (non-hydrogen) atoms. The Morgan fingerprint density at radius 2 is 2.31 bits per heavy atom. The third-order valence-electron chi connectivity index (χ3n) is 2.33. The fraction of sp³-hybridized carbons (Fsp3) is 0.182. The van der Waals surface area contributed by atoms with Crippen LogP contribution in [0.2, 0.25) is 5.02 Å². The monoisotopic (exact) mass is 239 g/mol. The summed E-state index contributed by atoms with van der Waals surface area (Å²) in [7, 11) is 0. The van der Waals surface area contributed by atoms with Crippen LogP contribution in [0.25, 0.3) is 0 Å². The van der Waals surface area contributed by atoms with Gasteiger partial charge in [-0.3, -0.25) is 5.10 Å². The summed E-state index contributed by atoms with van der Waals surface area (Å²) in [6.07, 6.45) is 1.72. The van der Waals surface area contributed by atoms with Crippen LogP contribution in [0.15, 0.2) is 24.4 Å². The number of aromatic nitrogens is 2. The van der Waals surface area contributed by atoms with Crippen molar-refractivity contribution in [2.24, 2.45) is 0 Å². The lowest BCUT2D eigenvalue weighted by Gasteiger charge is -2.06. The Bertz CT molecular complexity index is 496. The Morgan fingerprint density at radius 3 is 2.94 bits per heavy atom. The van der Waals surface area contributed by atoms with Crippen LogP contribution in [0.5, 0.6) is 0 Å². The van der Waals surface area contributed by atoms with Gasteiger partial charge in [0.15, 0.2) is 0 Å². The summed E-state index contributed by atoms with van der Waals surface area (Å²) in [4.78, 5) is 0. The highest BCUT2D eigenvalue weighted by molar-refractivity contribution is 6.30. The molecule has 0 saturated carbocycles. The molecular weight excluding hydrogens is 229 g/mol. The van der Waals surface area contributed by atoms with Crippen molar-refractivity contribution in [3.63, 3.8) is 0 Å². The zero-order valence-corrected chi connectivity index (χ0v) is 9.48. The summed E-state index contributed by atoms with van der Waals surface area (Å²) in [5, 5.41) is 10.1. The van der Waals surface area contributed by atoms with Crippen LogP contribution < -0.4 is 5.32 Å². The van der Waals surface area contributed by atoms with Crippen LogP contribution in [0, 0.1) is 12.7 Å². The molecule has 1 heterocycles. The Hall–Kier alpha value is -1.55. The molecule has 2 N–H and O–H groups in total. The maximum absolute atomic E-state index is 13.4. The number of hydrogen-bond donors (Lipinski definition) is 2. The lowest BCUT2D eigenvalue weighted by atomic mass is 10.2. The van der Waals surface area contributed by atoms with Gasteiger partial charge in [-0.15, -0.1) is 0 Å². The number of aromatic amines is 1. The van der Waals surface area contributed by atoms with Gasteiger partial charge in [-0.2, -0.15) is 5.10 Å². The van der Waals surface area contributed by atoms with Crippen LogP contribution in [0.4, 0.5) is 10.1 Å². The van der Waals surface area contributed by atoms with Gasteiger partial charge < -0.3 is 5.32 Å². The SMILES string of the molecule is Cc1[nH]ncc1CNc1ccc(Cl)cc1F. The van der Waals surface area contributed by atoms with Crippen molar-refractivity contribution in [3.8, 4) is 0 Å². The van der Waals surface area contributed by atoms with E-state index in [1.807, 2.05) is 6.92 Å². The van der Waals surface area contributed by atoms with Crippen LogP contribution in [0.1, 0.15) is 11.3 Å². The van der Waals surface area contributed by atoms with Gasteiger partial charge in [0.05, 0.1) is 11.9 Å². The number of halogens is 2. The number of H-pyrrole nitrogens is 1. The molecule has 0 aliphatic rings. The van der Waals surface area contributed by atoms with Gasteiger partial charge in [-0.25, -0.2) is 4.39 Å². The van der Waals surface area contributed by atoms with Crippen molar-refractivity contribution in [2.45, 2.75) is 13.5 Å².